The average Bonchev–Trinajstić information content (AvgIpc) is 2.92. The summed E-state index contributed by atoms with van der Waals surface area (Å²) in [7, 11) is 1.82. The van der Waals surface area contributed by atoms with Crippen LogP contribution in [0.5, 0.6) is 0 Å². The Bertz CT molecular complexity index is 598. The fourth-order valence-electron chi connectivity index (χ4n) is 1.79. The number of hydrogen-bond acceptors (Lipinski definition) is 5. The predicted octanol–water partition coefficient (Wildman–Crippen LogP) is 2.12. The first-order chi connectivity index (χ1) is 9.06. The molecule has 0 atom stereocenters. The molecule has 2 rings (SSSR count). The van der Waals surface area contributed by atoms with Crippen molar-refractivity contribution in [3.05, 3.63) is 23.2 Å². The van der Waals surface area contributed by atoms with Crippen molar-refractivity contribution >= 4 is 5.97 Å². The van der Waals surface area contributed by atoms with Gasteiger partial charge in [0.1, 0.15) is 5.69 Å². The normalized spacial score (nSPS) is 10.7. The van der Waals surface area contributed by atoms with Gasteiger partial charge >= 0.3 is 5.97 Å². The molecule has 6 nitrogen and oxygen atoms in total. The third kappa shape index (κ3) is 2.52. The SMILES string of the molecule is CCOC(=O)c1oc(-c2cc(CC)nn2C)nc1C. The molecule has 0 saturated heterocycles. The second kappa shape index (κ2) is 5.26. The number of carbonyl (C=O) groups is 1. The van der Waals surface area contributed by atoms with Gasteiger partial charge in [-0.2, -0.15) is 5.10 Å². The molecule has 0 fully saturated rings. The van der Waals surface area contributed by atoms with Crippen LogP contribution in [-0.4, -0.2) is 27.3 Å². The van der Waals surface area contributed by atoms with E-state index in [2.05, 4.69) is 10.1 Å². The highest BCUT2D eigenvalue weighted by molar-refractivity contribution is 5.87. The number of ether oxygens (including phenoxy) is 1. The zero-order chi connectivity index (χ0) is 14.0. The molecule has 2 aromatic heterocycles. The summed E-state index contributed by atoms with van der Waals surface area (Å²) >= 11 is 0. The summed E-state index contributed by atoms with van der Waals surface area (Å²) in [6.07, 6.45) is 0.832. The van der Waals surface area contributed by atoms with Crippen molar-refractivity contribution in [2.45, 2.75) is 27.2 Å². The Morgan fingerprint density at radius 2 is 2.21 bits per heavy atom. The van der Waals surface area contributed by atoms with Gasteiger partial charge in [-0.25, -0.2) is 9.78 Å². The van der Waals surface area contributed by atoms with Gasteiger partial charge in [0.15, 0.2) is 0 Å². The summed E-state index contributed by atoms with van der Waals surface area (Å²) in [4.78, 5) is 15.9. The Morgan fingerprint density at radius 3 is 2.79 bits per heavy atom. The van der Waals surface area contributed by atoms with E-state index in [-0.39, 0.29) is 5.76 Å². The van der Waals surface area contributed by atoms with Crippen LogP contribution in [0.4, 0.5) is 0 Å². The molecule has 2 aromatic rings. The van der Waals surface area contributed by atoms with Gasteiger partial charge in [-0.05, 0) is 26.3 Å². The molecule has 0 aliphatic carbocycles. The summed E-state index contributed by atoms with van der Waals surface area (Å²) in [5.41, 5.74) is 2.22. The minimum Gasteiger partial charge on any atom is -0.460 e. The molecule has 0 spiro atoms. The van der Waals surface area contributed by atoms with Crippen LogP contribution < -0.4 is 0 Å². The quantitative estimate of drug-likeness (QED) is 0.790. The van der Waals surface area contributed by atoms with Crippen LogP contribution in [0.15, 0.2) is 10.5 Å². The van der Waals surface area contributed by atoms with Crippen LogP contribution in [0.3, 0.4) is 0 Å². The maximum Gasteiger partial charge on any atom is 0.376 e. The molecule has 19 heavy (non-hydrogen) atoms. The fourth-order valence-corrected chi connectivity index (χ4v) is 1.79. The Kier molecular flexibility index (Phi) is 3.69. The standard InChI is InChI=1S/C13H17N3O3/c1-5-9-7-10(16(4)15-9)12-14-8(3)11(19-12)13(17)18-6-2/h7H,5-6H2,1-4H3. The van der Waals surface area contributed by atoms with E-state index in [1.54, 1.807) is 18.5 Å². The van der Waals surface area contributed by atoms with Crippen molar-refractivity contribution < 1.29 is 13.9 Å². The minimum atomic E-state index is -0.489. The van der Waals surface area contributed by atoms with Gasteiger partial charge < -0.3 is 9.15 Å². The van der Waals surface area contributed by atoms with Crippen LogP contribution in [0, 0.1) is 6.92 Å². The first-order valence-corrected chi connectivity index (χ1v) is 6.24. The molecule has 0 aromatic carbocycles. The molecule has 0 saturated carbocycles. The highest BCUT2D eigenvalue weighted by Crippen LogP contribution is 2.23. The van der Waals surface area contributed by atoms with E-state index < -0.39 is 5.97 Å². The lowest BCUT2D eigenvalue weighted by Gasteiger charge is -1.97. The average molecular weight is 263 g/mol. The van der Waals surface area contributed by atoms with Crippen LogP contribution >= 0.6 is 0 Å². The first-order valence-electron chi connectivity index (χ1n) is 6.24. The Morgan fingerprint density at radius 1 is 1.47 bits per heavy atom. The molecule has 0 aliphatic rings. The van der Waals surface area contributed by atoms with E-state index in [4.69, 9.17) is 9.15 Å². The highest BCUT2D eigenvalue weighted by atomic mass is 16.5. The molecular formula is C13H17N3O3. The second-order valence-corrected chi connectivity index (χ2v) is 4.15. The molecule has 102 valence electrons. The largest absolute Gasteiger partial charge is 0.460 e. The first kappa shape index (κ1) is 13.3. The van der Waals surface area contributed by atoms with E-state index in [9.17, 15) is 4.79 Å². The number of aryl methyl sites for hydroxylation is 3. The van der Waals surface area contributed by atoms with E-state index >= 15 is 0 Å². The molecule has 0 N–H and O–H groups in total. The second-order valence-electron chi connectivity index (χ2n) is 4.15. The summed E-state index contributed by atoms with van der Waals surface area (Å²) in [5.74, 6) is 0.0444. The van der Waals surface area contributed by atoms with Gasteiger partial charge in [-0.3, -0.25) is 4.68 Å². The van der Waals surface area contributed by atoms with Gasteiger partial charge in [0.05, 0.1) is 18.0 Å². The maximum atomic E-state index is 11.7. The molecule has 2 heterocycles. The zero-order valence-corrected chi connectivity index (χ0v) is 11.6. The van der Waals surface area contributed by atoms with Crippen LogP contribution in [0.25, 0.3) is 11.6 Å². The smallest absolute Gasteiger partial charge is 0.376 e. The van der Waals surface area contributed by atoms with Gasteiger partial charge in [0, 0.05) is 7.05 Å². The molecule has 0 aliphatic heterocycles. The number of nitrogens with zero attached hydrogens (tertiary/aromatic N) is 3. The summed E-state index contributed by atoms with van der Waals surface area (Å²) in [5, 5.41) is 4.33. The third-order valence-electron chi connectivity index (χ3n) is 2.77. The molecule has 6 heteroatoms. The van der Waals surface area contributed by atoms with Crippen molar-refractivity contribution in [2.24, 2.45) is 7.05 Å². The van der Waals surface area contributed by atoms with Crippen molar-refractivity contribution in [3.8, 4) is 11.6 Å². The Balaban J connectivity index is 2.38. The van der Waals surface area contributed by atoms with Crippen molar-refractivity contribution in [3.63, 3.8) is 0 Å². The monoisotopic (exact) mass is 263 g/mol. The topological polar surface area (TPSA) is 70.2 Å². The highest BCUT2D eigenvalue weighted by Gasteiger charge is 2.21. The molecule has 0 amide bonds. The van der Waals surface area contributed by atoms with E-state index in [0.29, 0.717) is 18.2 Å². The molecule has 0 bridgehead atoms. The van der Waals surface area contributed by atoms with Gasteiger partial charge in [-0.15, -0.1) is 0 Å². The lowest BCUT2D eigenvalue weighted by Crippen LogP contribution is -2.04. The van der Waals surface area contributed by atoms with Crippen molar-refractivity contribution in [1.29, 1.82) is 0 Å². The fraction of sp³-hybridized carbons (Fsp3) is 0.462. The Labute approximate surface area is 111 Å². The lowest BCUT2D eigenvalue weighted by molar-refractivity contribution is 0.0490. The number of rotatable bonds is 4. The zero-order valence-electron chi connectivity index (χ0n) is 11.6. The Hall–Kier alpha value is -2.11. The van der Waals surface area contributed by atoms with Gasteiger partial charge in [-0.1, -0.05) is 6.92 Å². The molecule has 0 radical (unpaired) electrons. The van der Waals surface area contributed by atoms with Crippen molar-refractivity contribution in [1.82, 2.24) is 14.8 Å². The van der Waals surface area contributed by atoms with Gasteiger partial charge in [0.2, 0.25) is 11.7 Å². The number of esters is 1. The van der Waals surface area contributed by atoms with Crippen LogP contribution in [0.1, 0.15) is 35.8 Å². The third-order valence-corrected chi connectivity index (χ3v) is 2.77. The summed E-state index contributed by atoms with van der Waals surface area (Å²) in [6.45, 7) is 5.80. The predicted molar refractivity (Wildman–Crippen MR) is 68.8 cm³/mol. The van der Waals surface area contributed by atoms with Crippen LogP contribution in [-0.2, 0) is 18.2 Å². The summed E-state index contributed by atoms with van der Waals surface area (Å²) < 4.78 is 12.1. The summed E-state index contributed by atoms with van der Waals surface area (Å²) in [6, 6.07) is 1.90. The molecular weight excluding hydrogens is 246 g/mol. The number of oxazole rings is 1. The van der Waals surface area contributed by atoms with E-state index in [1.165, 1.54) is 0 Å². The maximum absolute atomic E-state index is 11.7. The number of hydrogen-bond donors (Lipinski definition) is 0. The number of carbonyl (C=O) groups excluding carboxylic acids is 1. The van der Waals surface area contributed by atoms with Gasteiger partial charge in [0.25, 0.3) is 0 Å². The lowest BCUT2D eigenvalue weighted by atomic mass is 10.3. The molecule has 0 unspecified atom stereocenters. The number of aromatic nitrogens is 3. The van der Waals surface area contributed by atoms with Crippen molar-refractivity contribution in [2.75, 3.05) is 6.61 Å². The van der Waals surface area contributed by atoms with Crippen LogP contribution in [0.2, 0.25) is 0 Å². The van der Waals surface area contributed by atoms with E-state index in [1.807, 2.05) is 20.0 Å². The minimum absolute atomic E-state index is 0.149. The van der Waals surface area contributed by atoms with E-state index in [0.717, 1.165) is 17.8 Å².